The molecule has 1 N–H and O–H groups in total. The molecule has 140 valence electrons. The lowest BCUT2D eigenvalue weighted by molar-refractivity contribution is -0.132. The van der Waals surface area contributed by atoms with Crippen LogP contribution in [-0.2, 0) is 17.8 Å². The highest BCUT2D eigenvalue weighted by Gasteiger charge is 2.25. The minimum absolute atomic E-state index is 0.0333. The van der Waals surface area contributed by atoms with Crippen LogP contribution in [0.4, 0.5) is 14.5 Å². The number of thiophene rings is 1. The van der Waals surface area contributed by atoms with Crippen LogP contribution in [0, 0.1) is 0 Å². The van der Waals surface area contributed by atoms with Crippen LogP contribution in [-0.4, -0.2) is 37.1 Å². The van der Waals surface area contributed by atoms with E-state index in [1.54, 1.807) is 24.3 Å². The Morgan fingerprint density at radius 2 is 2.12 bits per heavy atom. The molecular formula is C18H20F2N2O3S. The number of ether oxygens (including phenoxy) is 2. The number of hydrogen-bond donors (Lipinski definition) is 1. The van der Waals surface area contributed by atoms with Crippen molar-refractivity contribution in [2.75, 3.05) is 19.0 Å². The van der Waals surface area contributed by atoms with Crippen LogP contribution in [0.25, 0.3) is 0 Å². The van der Waals surface area contributed by atoms with Gasteiger partial charge in [-0.05, 0) is 42.5 Å². The predicted octanol–water partition coefficient (Wildman–Crippen LogP) is 3.74. The number of nitrogens with zero attached hydrogens (tertiary/aromatic N) is 1. The van der Waals surface area contributed by atoms with E-state index in [4.69, 9.17) is 4.74 Å². The van der Waals surface area contributed by atoms with Gasteiger partial charge in [-0.15, -0.1) is 11.3 Å². The van der Waals surface area contributed by atoms with Gasteiger partial charge in [0.2, 0.25) is 5.91 Å². The van der Waals surface area contributed by atoms with Crippen LogP contribution in [0.15, 0.2) is 29.6 Å². The number of benzene rings is 1. The Balaban J connectivity index is 1.67. The fourth-order valence-corrected chi connectivity index (χ4v) is 3.87. The molecule has 0 spiro atoms. The molecule has 1 amide bonds. The Labute approximate surface area is 154 Å². The van der Waals surface area contributed by atoms with E-state index in [0.29, 0.717) is 18.8 Å². The highest BCUT2D eigenvalue weighted by atomic mass is 32.1. The molecule has 1 aromatic carbocycles. The lowest BCUT2D eigenvalue weighted by Gasteiger charge is -2.30. The summed E-state index contributed by atoms with van der Waals surface area (Å²) in [4.78, 5) is 15.9. The third-order valence-corrected chi connectivity index (χ3v) is 5.28. The van der Waals surface area contributed by atoms with Crippen molar-refractivity contribution in [3.05, 3.63) is 40.1 Å². The summed E-state index contributed by atoms with van der Waals surface area (Å²) in [6.07, 6.45) is 0.861. The first-order valence-corrected chi connectivity index (χ1v) is 9.09. The van der Waals surface area contributed by atoms with E-state index in [1.165, 1.54) is 29.7 Å². The van der Waals surface area contributed by atoms with Gasteiger partial charge in [0, 0.05) is 29.7 Å². The van der Waals surface area contributed by atoms with Crippen molar-refractivity contribution >= 4 is 22.9 Å². The molecule has 2 heterocycles. The Hall–Kier alpha value is -2.35. The number of methoxy groups -OCH3 is 1. The zero-order valence-corrected chi connectivity index (χ0v) is 15.3. The summed E-state index contributed by atoms with van der Waals surface area (Å²) in [6, 6.07) is 6.14. The number of amides is 1. The summed E-state index contributed by atoms with van der Waals surface area (Å²) >= 11 is 1.72. The van der Waals surface area contributed by atoms with Crippen LogP contribution >= 0.6 is 11.3 Å². The molecule has 26 heavy (non-hydrogen) atoms. The maximum absolute atomic E-state index is 12.7. The largest absolute Gasteiger partial charge is 0.493 e. The first kappa shape index (κ1) is 18.4. The number of carbonyl (C=O) groups is 1. The van der Waals surface area contributed by atoms with Gasteiger partial charge in [0.15, 0.2) is 11.5 Å². The minimum atomic E-state index is -2.95. The van der Waals surface area contributed by atoms with Crippen molar-refractivity contribution in [1.82, 2.24) is 4.90 Å². The molecule has 1 aliphatic rings. The average molecular weight is 382 g/mol. The van der Waals surface area contributed by atoms with Crippen LogP contribution in [0.3, 0.4) is 0 Å². The fourth-order valence-electron chi connectivity index (χ4n) is 2.98. The molecule has 0 fully saturated rings. The fraction of sp³-hybridized carbons (Fsp3) is 0.389. The molecule has 1 unspecified atom stereocenters. The lowest BCUT2D eigenvalue weighted by atomic mass is 10.1. The molecule has 1 atom stereocenters. The third kappa shape index (κ3) is 4.07. The van der Waals surface area contributed by atoms with E-state index < -0.39 is 12.7 Å². The van der Waals surface area contributed by atoms with E-state index in [9.17, 15) is 13.6 Å². The van der Waals surface area contributed by atoms with Crippen LogP contribution < -0.4 is 14.8 Å². The summed E-state index contributed by atoms with van der Waals surface area (Å²) in [5.74, 6) is 0.0953. The standard InChI is InChI=1S/C18H20F2N2O3S/c1-11(17(23)22-7-5-16-12(10-22)6-8-26-16)21-13-3-4-14(24-2)15(9-13)25-18(19)20/h3-4,6,8-9,11,18,21H,5,7,10H2,1-2H3. The van der Waals surface area contributed by atoms with Crippen molar-refractivity contribution in [3.63, 3.8) is 0 Å². The minimum Gasteiger partial charge on any atom is -0.493 e. The van der Waals surface area contributed by atoms with E-state index in [-0.39, 0.29) is 17.4 Å². The first-order valence-electron chi connectivity index (χ1n) is 8.21. The molecular weight excluding hydrogens is 362 g/mol. The Morgan fingerprint density at radius 3 is 2.85 bits per heavy atom. The SMILES string of the molecule is COc1ccc(NC(C)C(=O)N2CCc3sccc3C2)cc1OC(F)F. The van der Waals surface area contributed by atoms with E-state index in [1.807, 2.05) is 10.3 Å². The average Bonchev–Trinajstić information content (AvgIpc) is 3.08. The maximum Gasteiger partial charge on any atom is 0.387 e. The Bertz CT molecular complexity index is 782. The second-order valence-corrected chi connectivity index (χ2v) is 6.99. The summed E-state index contributed by atoms with van der Waals surface area (Å²) in [6.45, 7) is 0.0854. The van der Waals surface area contributed by atoms with Gasteiger partial charge in [-0.25, -0.2) is 0 Å². The van der Waals surface area contributed by atoms with E-state index in [2.05, 4.69) is 16.1 Å². The molecule has 0 saturated carbocycles. The number of alkyl halides is 2. The molecule has 5 nitrogen and oxygen atoms in total. The van der Waals surface area contributed by atoms with Crippen LogP contribution in [0.5, 0.6) is 11.5 Å². The van der Waals surface area contributed by atoms with Crippen LogP contribution in [0.2, 0.25) is 0 Å². The molecule has 1 aliphatic heterocycles. The van der Waals surface area contributed by atoms with Crippen molar-refractivity contribution < 1.29 is 23.0 Å². The zero-order chi connectivity index (χ0) is 18.7. The molecule has 1 aromatic heterocycles. The maximum atomic E-state index is 12.7. The molecule has 8 heteroatoms. The molecule has 0 bridgehead atoms. The van der Waals surface area contributed by atoms with Gasteiger partial charge in [-0.1, -0.05) is 0 Å². The Morgan fingerprint density at radius 1 is 1.31 bits per heavy atom. The molecule has 3 rings (SSSR count). The predicted molar refractivity (Wildman–Crippen MR) is 96.2 cm³/mol. The quantitative estimate of drug-likeness (QED) is 0.827. The Kier molecular flexibility index (Phi) is 5.61. The van der Waals surface area contributed by atoms with Gasteiger partial charge in [-0.3, -0.25) is 4.79 Å². The smallest absolute Gasteiger partial charge is 0.387 e. The normalized spacial score (nSPS) is 14.7. The molecule has 2 aromatic rings. The molecule has 0 aliphatic carbocycles. The number of rotatable bonds is 6. The monoisotopic (exact) mass is 382 g/mol. The number of halogens is 2. The van der Waals surface area contributed by atoms with Gasteiger partial charge in [0.05, 0.1) is 7.11 Å². The van der Waals surface area contributed by atoms with Gasteiger partial charge in [0.25, 0.3) is 0 Å². The van der Waals surface area contributed by atoms with Gasteiger partial charge < -0.3 is 19.7 Å². The first-order chi connectivity index (χ1) is 12.5. The van der Waals surface area contributed by atoms with Crippen molar-refractivity contribution in [2.45, 2.75) is 32.5 Å². The van der Waals surface area contributed by atoms with Crippen molar-refractivity contribution in [2.24, 2.45) is 0 Å². The zero-order valence-electron chi connectivity index (χ0n) is 14.5. The summed E-state index contributed by atoms with van der Waals surface area (Å²) in [5, 5.41) is 5.10. The highest BCUT2D eigenvalue weighted by Crippen LogP contribution is 2.32. The van der Waals surface area contributed by atoms with Gasteiger partial charge >= 0.3 is 6.61 Å². The van der Waals surface area contributed by atoms with Crippen LogP contribution in [0.1, 0.15) is 17.4 Å². The summed E-state index contributed by atoms with van der Waals surface area (Å²) in [7, 11) is 1.38. The topological polar surface area (TPSA) is 50.8 Å². The molecule has 0 saturated heterocycles. The highest BCUT2D eigenvalue weighted by molar-refractivity contribution is 7.10. The second kappa shape index (κ2) is 7.90. The van der Waals surface area contributed by atoms with E-state index >= 15 is 0 Å². The summed E-state index contributed by atoms with van der Waals surface area (Å²) < 4.78 is 34.6. The summed E-state index contributed by atoms with van der Waals surface area (Å²) in [5.41, 5.74) is 1.70. The van der Waals surface area contributed by atoms with Gasteiger partial charge in [-0.2, -0.15) is 8.78 Å². The van der Waals surface area contributed by atoms with Crippen molar-refractivity contribution in [3.8, 4) is 11.5 Å². The number of nitrogens with one attached hydrogen (secondary N) is 1. The number of carbonyl (C=O) groups excluding carboxylic acids is 1. The lowest BCUT2D eigenvalue weighted by Crippen LogP contribution is -2.43. The third-order valence-electron chi connectivity index (χ3n) is 4.25. The van der Waals surface area contributed by atoms with Crippen molar-refractivity contribution in [1.29, 1.82) is 0 Å². The van der Waals surface area contributed by atoms with Gasteiger partial charge in [0.1, 0.15) is 6.04 Å². The number of fused-ring (bicyclic) bond motifs is 1. The second-order valence-electron chi connectivity index (χ2n) is 5.99. The number of hydrogen-bond acceptors (Lipinski definition) is 5. The number of anilines is 1. The molecule has 0 radical (unpaired) electrons. The van der Waals surface area contributed by atoms with E-state index in [0.717, 1.165) is 6.42 Å².